The molecule has 2 aliphatic carbocycles. The second kappa shape index (κ2) is 5.17. The lowest BCUT2D eigenvalue weighted by molar-refractivity contribution is -0.123. The number of carbonyl (C=O) groups is 1. The first-order chi connectivity index (χ1) is 7.66. The zero-order valence-electron chi connectivity index (χ0n) is 10.5. The fourth-order valence-electron chi connectivity index (χ4n) is 2.50. The first-order valence-electron chi connectivity index (χ1n) is 6.70. The quantitative estimate of drug-likeness (QED) is 0.746. The van der Waals surface area contributed by atoms with Crippen molar-refractivity contribution in [2.24, 2.45) is 11.8 Å². The molecule has 0 saturated heterocycles. The fourth-order valence-corrected chi connectivity index (χ4v) is 2.50. The van der Waals surface area contributed by atoms with Crippen LogP contribution in [0, 0.1) is 11.8 Å². The van der Waals surface area contributed by atoms with Crippen LogP contribution >= 0.6 is 0 Å². The Hall–Kier alpha value is -0.570. The summed E-state index contributed by atoms with van der Waals surface area (Å²) in [6, 6.07) is 0.407. The number of carbonyl (C=O) groups excluding carboxylic acids is 1. The fraction of sp³-hybridized carbons (Fsp3) is 0.923. The topological polar surface area (TPSA) is 41.1 Å². The number of hydrogen-bond acceptors (Lipinski definition) is 2. The average molecular weight is 224 g/mol. The van der Waals surface area contributed by atoms with E-state index in [4.69, 9.17) is 0 Å². The molecule has 0 bridgehead atoms. The van der Waals surface area contributed by atoms with Gasteiger partial charge in [-0.25, -0.2) is 0 Å². The summed E-state index contributed by atoms with van der Waals surface area (Å²) in [5.41, 5.74) is 0. The summed E-state index contributed by atoms with van der Waals surface area (Å²) in [5.74, 6) is 1.85. The van der Waals surface area contributed by atoms with E-state index in [0.29, 0.717) is 6.04 Å². The zero-order chi connectivity index (χ0) is 11.5. The summed E-state index contributed by atoms with van der Waals surface area (Å²) in [6.07, 6.45) is 6.19. The molecule has 3 unspecified atom stereocenters. The smallest absolute Gasteiger partial charge is 0.237 e. The van der Waals surface area contributed by atoms with Crippen molar-refractivity contribution in [1.82, 2.24) is 10.6 Å². The molecule has 1 amide bonds. The van der Waals surface area contributed by atoms with Crippen molar-refractivity contribution >= 4 is 5.91 Å². The van der Waals surface area contributed by atoms with Gasteiger partial charge in [0, 0.05) is 6.04 Å². The van der Waals surface area contributed by atoms with Crippen molar-refractivity contribution < 1.29 is 4.79 Å². The van der Waals surface area contributed by atoms with Crippen molar-refractivity contribution in [2.45, 2.75) is 58.0 Å². The Morgan fingerprint density at radius 2 is 2.00 bits per heavy atom. The van der Waals surface area contributed by atoms with Gasteiger partial charge in [0.25, 0.3) is 0 Å². The summed E-state index contributed by atoms with van der Waals surface area (Å²) in [5, 5.41) is 6.47. The Morgan fingerprint density at radius 1 is 1.38 bits per heavy atom. The third-order valence-corrected chi connectivity index (χ3v) is 4.06. The van der Waals surface area contributed by atoms with E-state index >= 15 is 0 Å². The lowest BCUT2D eigenvalue weighted by Gasteiger charge is -2.17. The Kier molecular flexibility index (Phi) is 3.85. The van der Waals surface area contributed by atoms with Gasteiger partial charge >= 0.3 is 0 Å². The largest absolute Gasteiger partial charge is 0.352 e. The van der Waals surface area contributed by atoms with E-state index in [-0.39, 0.29) is 11.9 Å². The monoisotopic (exact) mass is 224 g/mol. The molecule has 0 heterocycles. The van der Waals surface area contributed by atoms with Crippen LogP contribution in [0.5, 0.6) is 0 Å². The van der Waals surface area contributed by atoms with Gasteiger partial charge in [0.15, 0.2) is 0 Å². The van der Waals surface area contributed by atoms with Crippen LogP contribution < -0.4 is 10.6 Å². The third-order valence-electron chi connectivity index (χ3n) is 4.06. The summed E-state index contributed by atoms with van der Waals surface area (Å²) in [4.78, 5) is 11.8. The van der Waals surface area contributed by atoms with E-state index in [2.05, 4.69) is 17.6 Å². The van der Waals surface area contributed by atoms with E-state index < -0.39 is 0 Å². The predicted molar refractivity (Wildman–Crippen MR) is 65.1 cm³/mol. The van der Waals surface area contributed by atoms with Crippen LogP contribution in [0.25, 0.3) is 0 Å². The second-order valence-corrected chi connectivity index (χ2v) is 5.59. The molecule has 0 aliphatic heterocycles. The van der Waals surface area contributed by atoms with Gasteiger partial charge in [-0.3, -0.25) is 4.79 Å². The van der Waals surface area contributed by atoms with Gasteiger partial charge in [-0.2, -0.15) is 0 Å². The minimum atomic E-state index is -0.0339. The first kappa shape index (κ1) is 11.9. The maximum absolute atomic E-state index is 11.8. The van der Waals surface area contributed by atoms with Crippen LogP contribution in [0.1, 0.15) is 46.0 Å². The molecule has 0 aromatic heterocycles. The van der Waals surface area contributed by atoms with Gasteiger partial charge in [0.1, 0.15) is 0 Å². The molecule has 92 valence electrons. The number of rotatable bonds is 5. The SMILES string of the molecule is CC(NCC1CC1C)C(=O)NC1CCCC1. The van der Waals surface area contributed by atoms with Crippen molar-refractivity contribution in [1.29, 1.82) is 0 Å². The molecule has 2 fully saturated rings. The van der Waals surface area contributed by atoms with Gasteiger partial charge in [-0.1, -0.05) is 19.8 Å². The molecule has 16 heavy (non-hydrogen) atoms. The third kappa shape index (κ3) is 3.21. The Morgan fingerprint density at radius 3 is 2.56 bits per heavy atom. The van der Waals surface area contributed by atoms with Crippen LogP contribution in [0.3, 0.4) is 0 Å². The van der Waals surface area contributed by atoms with Crippen molar-refractivity contribution in [3.05, 3.63) is 0 Å². The highest BCUT2D eigenvalue weighted by Gasteiger charge is 2.32. The van der Waals surface area contributed by atoms with E-state index in [0.717, 1.165) is 31.2 Å². The standard InChI is InChI=1S/C13H24N2O/c1-9-7-11(9)8-14-10(2)13(16)15-12-5-3-4-6-12/h9-12,14H,3-8H2,1-2H3,(H,15,16). The van der Waals surface area contributed by atoms with Crippen LogP contribution in [0.4, 0.5) is 0 Å². The minimum absolute atomic E-state index is 0.0339. The molecule has 2 N–H and O–H groups in total. The van der Waals surface area contributed by atoms with Gasteiger partial charge in [-0.15, -0.1) is 0 Å². The van der Waals surface area contributed by atoms with Crippen molar-refractivity contribution in [3.8, 4) is 0 Å². The van der Waals surface area contributed by atoms with Crippen LogP contribution in [-0.2, 0) is 4.79 Å². The molecule has 3 atom stereocenters. The maximum atomic E-state index is 11.8. The summed E-state index contributed by atoms with van der Waals surface area (Å²) < 4.78 is 0. The van der Waals surface area contributed by atoms with E-state index in [1.165, 1.54) is 19.3 Å². The van der Waals surface area contributed by atoms with E-state index in [1.807, 2.05) is 6.92 Å². The Bertz CT molecular complexity index is 248. The van der Waals surface area contributed by atoms with Crippen molar-refractivity contribution in [2.75, 3.05) is 6.54 Å². The minimum Gasteiger partial charge on any atom is -0.352 e. The lowest BCUT2D eigenvalue weighted by atomic mass is 10.2. The van der Waals surface area contributed by atoms with E-state index in [9.17, 15) is 4.79 Å². The van der Waals surface area contributed by atoms with Crippen LogP contribution in [-0.4, -0.2) is 24.5 Å². The highest BCUT2D eigenvalue weighted by Crippen LogP contribution is 2.36. The zero-order valence-corrected chi connectivity index (χ0v) is 10.5. The van der Waals surface area contributed by atoms with Gasteiger partial charge in [-0.05, 0) is 44.6 Å². The molecular formula is C13H24N2O. The molecule has 3 nitrogen and oxygen atoms in total. The van der Waals surface area contributed by atoms with Crippen LogP contribution in [0.15, 0.2) is 0 Å². The normalized spacial score (nSPS) is 31.4. The highest BCUT2D eigenvalue weighted by molar-refractivity contribution is 5.81. The first-order valence-corrected chi connectivity index (χ1v) is 6.70. The molecule has 2 rings (SSSR count). The Balaban J connectivity index is 1.63. The predicted octanol–water partition coefficient (Wildman–Crippen LogP) is 1.68. The van der Waals surface area contributed by atoms with Crippen molar-refractivity contribution in [3.63, 3.8) is 0 Å². The molecule has 0 spiro atoms. The maximum Gasteiger partial charge on any atom is 0.237 e. The summed E-state index contributed by atoms with van der Waals surface area (Å²) in [6.45, 7) is 5.24. The van der Waals surface area contributed by atoms with Crippen LogP contribution in [0.2, 0.25) is 0 Å². The average Bonchev–Trinajstić information content (AvgIpc) is 2.76. The van der Waals surface area contributed by atoms with Gasteiger partial charge in [0.05, 0.1) is 6.04 Å². The van der Waals surface area contributed by atoms with Gasteiger partial charge < -0.3 is 10.6 Å². The molecule has 2 aliphatic rings. The molecule has 0 aromatic carbocycles. The molecule has 0 aromatic rings. The summed E-state index contributed by atoms with van der Waals surface area (Å²) in [7, 11) is 0. The second-order valence-electron chi connectivity index (χ2n) is 5.59. The molecular weight excluding hydrogens is 200 g/mol. The molecule has 0 radical (unpaired) electrons. The number of amides is 1. The highest BCUT2D eigenvalue weighted by atomic mass is 16.2. The number of nitrogens with one attached hydrogen (secondary N) is 2. The van der Waals surface area contributed by atoms with Gasteiger partial charge in [0.2, 0.25) is 5.91 Å². The number of hydrogen-bond donors (Lipinski definition) is 2. The molecule has 3 heteroatoms. The Labute approximate surface area is 98.4 Å². The lowest BCUT2D eigenvalue weighted by Crippen LogP contribution is -2.46. The summed E-state index contributed by atoms with van der Waals surface area (Å²) >= 11 is 0. The van der Waals surface area contributed by atoms with E-state index in [1.54, 1.807) is 0 Å². The molecule has 2 saturated carbocycles.